The second-order valence-corrected chi connectivity index (χ2v) is 12.3. The predicted octanol–water partition coefficient (Wildman–Crippen LogP) is 9.28. The van der Waals surface area contributed by atoms with Crippen LogP contribution in [0.2, 0.25) is 0 Å². The van der Waals surface area contributed by atoms with Gasteiger partial charge in [-0.15, -0.1) is 65.7 Å². The Bertz CT molecular complexity index is 2580. The Balaban J connectivity index is 0.000000162. The van der Waals surface area contributed by atoms with Crippen molar-refractivity contribution in [1.82, 2.24) is 9.97 Å². The molecule has 0 fully saturated rings. The van der Waals surface area contributed by atoms with Gasteiger partial charge in [0.1, 0.15) is 0 Å². The molecule has 4 heterocycles. The topological polar surface area (TPSA) is 29.0 Å². The van der Waals surface area contributed by atoms with Gasteiger partial charge >= 0.3 is 6.85 Å². The van der Waals surface area contributed by atoms with Crippen LogP contribution >= 0.6 is 0 Å². The normalized spacial score (nSPS) is 12.2. The molecular formula is C44H26BIrN3-2. The smallest absolute Gasteiger partial charge is 0.312 e. The number of pyridine rings is 2. The van der Waals surface area contributed by atoms with E-state index in [4.69, 9.17) is 4.98 Å². The van der Waals surface area contributed by atoms with E-state index in [1.807, 2.05) is 60.8 Å². The Labute approximate surface area is 298 Å². The van der Waals surface area contributed by atoms with E-state index in [1.165, 1.54) is 60.0 Å². The molecular weight excluding hydrogens is 774 g/mol. The molecule has 2 aliphatic rings. The average Bonchev–Trinajstić information content (AvgIpc) is 3.17. The SMILES string of the molecule is [Ir].[c-]1cccc2c1-c1ncccc1B1c3cccc4c5ccccc5c5cccc(c5c34)N12.[c-]1ccccc1-c1ccc2ccccc2n1. The summed E-state index contributed by atoms with van der Waals surface area (Å²) in [5.74, 6) is 0. The standard InChI is InChI=1S/C29H16BN2.C15H10N.Ir/c1-2-9-19-18(8-1)20-11-5-13-23-27(20)28-21(19)12-6-16-26(28)32-25-15-4-3-10-22(25)29-24(30(23)32)14-7-17-31-29;1-2-6-12(7-3-1)15-11-10-13-8-4-5-9-14(13)16-15;/h1-9,11-17H;1-6,8-11H;/q2*-1;. The molecule has 0 atom stereocenters. The zero-order valence-corrected chi connectivity index (χ0v) is 28.7. The second-order valence-electron chi connectivity index (χ2n) is 12.3. The summed E-state index contributed by atoms with van der Waals surface area (Å²) in [5, 5.41) is 9.15. The number of rotatable bonds is 1. The molecule has 5 heteroatoms. The van der Waals surface area contributed by atoms with E-state index in [-0.39, 0.29) is 27.0 Å². The summed E-state index contributed by atoms with van der Waals surface area (Å²) in [6, 6.07) is 59.8. The molecule has 0 spiro atoms. The molecule has 1 radical (unpaired) electrons. The molecule has 0 saturated carbocycles. The van der Waals surface area contributed by atoms with Crippen molar-refractivity contribution >= 4 is 72.4 Å². The quantitative estimate of drug-likeness (QED) is 0.0943. The van der Waals surface area contributed by atoms with Crippen LogP contribution in [0.1, 0.15) is 0 Å². The maximum atomic E-state index is 4.81. The summed E-state index contributed by atoms with van der Waals surface area (Å²) in [7, 11) is 0. The number of hydrogen-bond donors (Lipinski definition) is 0. The van der Waals surface area contributed by atoms with Gasteiger partial charge < -0.3 is 9.79 Å². The van der Waals surface area contributed by atoms with Crippen molar-refractivity contribution in [2.24, 2.45) is 0 Å². The van der Waals surface area contributed by atoms with E-state index < -0.39 is 0 Å². The van der Waals surface area contributed by atoms with Crippen molar-refractivity contribution in [2.75, 3.05) is 4.81 Å². The van der Waals surface area contributed by atoms with Crippen molar-refractivity contribution < 1.29 is 20.1 Å². The maximum absolute atomic E-state index is 4.81. The zero-order chi connectivity index (χ0) is 31.6. The average molecular weight is 800 g/mol. The van der Waals surface area contributed by atoms with Gasteiger partial charge in [0.2, 0.25) is 0 Å². The van der Waals surface area contributed by atoms with Gasteiger partial charge in [0.15, 0.2) is 0 Å². The molecule has 0 amide bonds. The van der Waals surface area contributed by atoms with Gasteiger partial charge in [-0.3, -0.25) is 4.98 Å². The van der Waals surface area contributed by atoms with Crippen molar-refractivity contribution in [3.05, 3.63) is 170 Å². The third-order valence-corrected chi connectivity index (χ3v) is 9.76. The first-order chi connectivity index (χ1) is 23.8. The molecule has 3 nitrogen and oxygen atoms in total. The van der Waals surface area contributed by atoms with Crippen LogP contribution < -0.4 is 15.7 Å². The number of benzene rings is 7. The van der Waals surface area contributed by atoms with E-state index in [1.54, 1.807) is 0 Å². The van der Waals surface area contributed by atoms with Crippen molar-refractivity contribution in [3.8, 4) is 22.5 Å². The van der Waals surface area contributed by atoms with Crippen LogP contribution in [0.15, 0.2) is 158 Å². The molecule has 2 aromatic heterocycles. The van der Waals surface area contributed by atoms with Crippen LogP contribution in [0.5, 0.6) is 0 Å². The summed E-state index contributed by atoms with van der Waals surface area (Å²) < 4.78 is 0. The van der Waals surface area contributed by atoms with Crippen LogP contribution in [0.3, 0.4) is 0 Å². The van der Waals surface area contributed by atoms with Crippen molar-refractivity contribution in [3.63, 3.8) is 0 Å². The maximum Gasteiger partial charge on any atom is 0.312 e. The fourth-order valence-corrected chi connectivity index (χ4v) is 7.77. The minimum Gasteiger partial charge on any atom is -0.419 e. The monoisotopic (exact) mass is 800 g/mol. The summed E-state index contributed by atoms with van der Waals surface area (Å²) in [4.78, 5) is 11.9. The van der Waals surface area contributed by atoms with E-state index in [0.29, 0.717) is 0 Å². The van der Waals surface area contributed by atoms with Crippen LogP contribution in [-0.4, -0.2) is 16.8 Å². The first-order valence-corrected chi connectivity index (χ1v) is 16.3. The van der Waals surface area contributed by atoms with Crippen LogP contribution in [0.4, 0.5) is 11.4 Å². The minimum atomic E-state index is 0. The Hall–Kier alpha value is -5.61. The minimum absolute atomic E-state index is 0. The number of hydrogen-bond acceptors (Lipinski definition) is 3. The van der Waals surface area contributed by atoms with Crippen LogP contribution in [0.25, 0.3) is 65.7 Å². The van der Waals surface area contributed by atoms with Crippen LogP contribution in [0, 0.1) is 12.1 Å². The fourth-order valence-electron chi connectivity index (χ4n) is 7.77. The van der Waals surface area contributed by atoms with E-state index in [0.717, 1.165) is 28.0 Å². The van der Waals surface area contributed by atoms with Gasteiger partial charge in [0, 0.05) is 37.4 Å². The first kappa shape index (κ1) is 29.5. The van der Waals surface area contributed by atoms with E-state index >= 15 is 0 Å². The third-order valence-electron chi connectivity index (χ3n) is 9.76. The number of para-hydroxylation sites is 1. The number of nitrogens with zero attached hydrogens (tertiary/aromatic N) is 3. The van der Waals surface area contributed by atoms with Crippen molar-refractivity contribution in [1.29, 1.82) is 0 Å². The molecule has 11 rings (SSSR count). The Morgan fingerprint density at radius 3 is 2.10 bits per heavy atom. The molecule has 9 aromatic rings. The summed E-state index contributed by atoms with van der Waals surface area (Å²) >= 11 is 0. The number of anilines is 2. The molecule has 0 bridgehead atoms. The van der Waals surface area contributed by atoms with Crippen LogP contribution in [-0.2, 0) is 20.1 Å². The Morgan fingerprint density at radius 1 is 0.531 bits per heavy atom. The predicted molar refractivity (Wildman–Crippen MR) is 201 cm³/mol. The summed E-state index contributed by atoms with van der Waals surface area (Å²) in [5.41, 5.74) is 10.2. The fraction of sp³-hybridized carbons (Fsp3) is 0. The van der Waals surface area contributed by atoms with Gasteiger partial charge in [0.25, 0.3) is 0 Å². The summed E-state index contributed by atoms with van der Waals surface area (Å²) in [6.07, 6.45) is 1.89. The molecule has 0 N–H and O–H groups in total. The largest absolute Gasteiger partial charge is 0.419 e. The summed E-state index contributed by atoms with van der Waals surface area (Å²) in [6.45, 7) is 0.0879. The third kappa shape index (κ3) is 4.54. The van der Waals surface area contributed by atoms with E-state index in [2.05, 4.69) is 119 Å². The van der Waals surface area contributed by atoms with Gasteiger partial charge in [-0.1, -0.05) is 102 Å². The Kier molecular flexibility index (Phi) is 7.12. The second kappa shape index (κ2) is 11.8. The Morgan fingerprint density at radius 2 is 1.24 bits per heavy atom. The zero-order valence-electron chi connectivity index (χ0n) is 26.3. The molecule has 7 aromatic carbocycles. The number of fused-ring (bicyclic) bond motifs is 12. The van der Waals surface area contributed by atoms with E-state index in [9.17, 15) is 0 Å². The molecule has 0 aliphatic carbocycles. The molecule has 49 heavy (non-hydrogen) atoms. The van der Waals surface area contributed by atoms with Gasteiger partial charge in [0.05, 0.1) is 5.52 Å². The van der Waals surface area contributed by atoms with Gasteiger partial charge in [-0.2, -0.15) is 0 Å². The molecule has 231 valence electrons. The molecule has 2 aliphatic heterocycles. The van der Waals surface area contributed by atoms with Gasteiger partial charge in [-0.05, 0) is 67.4 Å². The van der Waals surface area contributed by atoms with Crippen molar-refractivity contribution in [2.45, 2.75) is 0 Å². The molecule has 0 unspecified atom stereocenters. The van der Waals surface area contributed by atoms with Gasteiger partial charge in [-0.25, -0.2) is 0 Å². The molecule has 0 saturated heterocycles. The first-order valence-electron chi connectivity index (χ1n) is 16.3. The number of aromatic nitrogens is 2.